The number of pyridine rings is 1. The third-order valence-corrected chi connectivity index (χ3v) is 7.68. The molecule has 2 fully saturated rings. The maximum atomic E-state index is 12.8. The van der Waals surface area contributed by atoms with Crippen LogP contribution in [-0.2, 0) is 5.41 Å². The van der Waals surface area contributed by atoms with Crippen LogP contribution in [0.25, 0.3) is 10.9 Å². The molecule has 1 aliphatic carbocycles. The van der Waals surface area contributed by atoms with Gasteiger partial charge in [-0.3, -0.25) is 4.98 Å². The molecule has 2 aliphatic rings. The molecule has 3 atom stereocenters. The molecular formula is C27H32N4O3. The van der Waals surface area contributed by atoms with Gasteiger partial charge < -0.3 is 25.0 Å². The van der Waals surface area contributed by atoms with E-state index in [0.717, 1.165) is 60.3 Å². The van der Waals surface area contributed by atoms with E-state index in [0.29, 0.717) is 6.04 Å². The van der Waals surface area contributed by atoms with Gasteiger partial charge in [-0.15, -0.1) is 0 Å². The van der Waals surface area contributed by atoms with Gasteiger partial charge in [0.2, 0.25) is 0 Å². The summed E-state index contributed by atoms with van der Waals surface area (Å²) in [5.41, 5.74) is 3.05. The van der Waals surface area contributed by atoms with Crippen LogP contribution in [0.3, 0.4) is 0 Å². The lowest BCUT2D eigenvalue weighted by Gasteiger charge is -2.45. The highest BCUT2D eigenvalue weighted by atomic mass is 16.5. The van der Waals surface area contributed by atoms with E-state index in [9.17, 15) is 4.79 Å². The molecule has 2 N–H and O–H groups in total. The zero-order valence-electron chi connectivity index (χ0n) is 20.0. The second kappa shape index (κ2) is 9.14. The highest BCUT2D eigenvalue weighted by Gasteiger charge is 2.50. The van der Waals surface area contributed by atoms with Crippen LogP contribution in [0.5, 0.6) is 11.5 Å². The Morgan fingerprint density at radius 3 is 2.76 bits per heavy atom. The molecule has 34 heavy (non-hydrogen) atoms. The first-order chi connectivity index (χ1) is 16.5. The van der Waals surface area contributed by atoms with Crippen molar-refractivity contribution < 1.29 is 14.3 Å². The molecule has 2 heterocycles. The average molecular weight is 461 g/mol. The van der Waals surface area contributed by atoms with Gasteiger partial charge in [-0.25, -0.2) is 4.79 Å². The molecule has 1 saturated heterocycles. The van der Waals surface area contributed by atoms with E-state index < -0.39 is 0 Å². The second-order valence-electron chi connectivity index (χ2n) is 9.45. The molecular weight excluding hydrogens is 428 g/mol. The number of anilines is 1. The normalized spacial score (nSPS) is 24.4. The van der Waals surface area contributed by atoms with Gasteiger partial charge >= 0.3 is 6.03 Å². The average Bonchev–Trinajstić information content (AvgIpc) is 3.20. The lowest BCUT2D eigenvalue weighted by molar-refractivity contribution is 0.156. The summed E-state index contributed by atoms with van der Waals surface area (Å²) in [6, 6.07) is 16.3. The number of rotatable bonds is 5. The maximum absolute atomic E-state index is 12.8. The minimum atomic E-state index is -0.160. The van der Waals surface area contributed by atoms with Gasteiger partial charge in [-0.05, 0) is 81.2 Å². The summed E-state index contributed by atoms with van der Waals surface area (Å²) >= 11 is 0. The van der Waals surface area contributed by atoms with E-state index in [1.54, 1.807) is 20.4 Å². The first kappa shape index (κ1) is 22.5. The minimum Gasteiger partial charge on any atom is -0.493 e. The summed E-state index contributed by atoms with van der Waals surface area (Å²) in [6.07, 6.45) is 5.75. The minimum absolute atomic E-state index is 0.0638. The zero-order valence-corrected chi connectivity index (χ0v) is 20.0. The van der Waals surface area contributed by atoms with Gasteiger partial charge in [0.15, 0.2) is 11.5 Å². The SMILES string of the molecule is COc1ccc([C@@]23CC[C@@H](NC(=O)Nc4ccc5ncccc5c4)C[C@@H]2N(C)CC3)cc1OC. The van der Waals surface area contributed by atoms with Crippen molar-refractivity contribution in [2.45, 2.75) is 43.2 Å². The zero-order chi connectivity index (χ0) is 23.7. The first-order valence-electron chi connectivity index (χ1n) is 11.9. The van der Waals surface area contributed by atoms with Crippen molar-refractivity contribution in [3.63, 3.8) is 0 Å². The number of carbonyl (C=O) groups excluding carboxylic acids is 1. The van der Waals surface area contributed by atoms with Crippen LogP contribution < -0.4 is 20.1 Å². The highest BCUT2D eigenvalue weighted by Crippen LogP contribution is 2.49. The standard InChI is InChI=1S/C27H32N4O3/c1-31-14-12-27(19-6-9-23(33-2)24(16-19)34-3)11-10-21(17-25(27)31)30-26(32)29-20-7-8-22-18(15-20)5-4-13-28-22/h4-9,13,15-16,21,25H,10-12,14,17H2,1-3H3,(H2,29,30,32)/t21-,25+,27+/m1/s1. The molecule has 0 unspecified atom stereocenters. The molecule has 1 aromatic heterocycles. The van der Waals surface area contributed by atoms with Crippen LogP contribution in [0.2, 0.25) is 0 Å². The van der Waals surface area contributed by atoms with Crippen LogP contribution in [-0.4, -0.2) is 55.8 Å². The molecule has 178 valence electrons. The Balaban J connectivity index is 1.29. The Morgan fingerprint density at radius 1 is 1.09 bits per heavy atom. The van der Waals surface area contributed by atoms with Gasteiger partial charge in [-0.1, -0.05) is 12.1 Å². The van der Waals surface area contributed by atoms with E-state index >= 15 is 0 Å². The summed E-state index contributed by atoms with van der Waals surface area (Å²) in [5.74, 6) is 1.52. The number of fused-ring (bicyclic) bond motifs is 2. The number of ether oxygens (including phenoxy) is 2. The molecule has 0 bridgehead atoms. The quantitative estimate of drug-likeness (QED) is 0.584. The molecule has 2 amide bonds. The van der Waals surface area contributed by atoms with Gasteiger partial charge in [0.25, 0.3) is 0 Å². The summed E-state index contributed by atoms with van der Waals surface area (Å²) in [7, 11) is 5.54. The van der Waals surface area contributed by atoms with Crippen molar-refractivity contribution in [3.8, 4) is 11.5 Å². The van der Waals surface area contributed by atoms with Crippen LogP contribution in [0, 0.1) is 0 Å². The van der Waals surface area contributed by atoms with E-state index in [2.05, 4.69) is 39.7 Å². The lowest BCUT2D eigenvalue weighted by atomic mass is 9.65. The second-order valence-corrected chi connectivity index (χ2v) is 9.45. The van der Waals surface area contributed by atoms with Crippen molar-refractivity contribution >= 4 is 22.6 Å². The highest BCUT2D eigenvalue weighted by molar-refractivity contribution is 5.92. The van der Waals surface area contributed by atoms with E-state index in [1.807, 2.05) is 36.4 Å². The Hall–Kier alpha value is -3.32. The van der Waals surface area contributed by atoms with Crippen LogP contribution in [0.15, 0.2) is 54.7 Å². The van der Waals surface area contributed by atoms with Crippen molar-refractivity contribution in [1.29, 1.82) is 0 Å². The Kier molecular flexibility index (Phi) is 6.04. The third kappa shape index (κ3) is 4.05. The lowest BCUT2D eigenvalue weighted by Crippen LogP contribution is -2.52. The predicted molar refractivity (Wildman–Crippen MR) is 134 cm³/mol. The fraction of sp³-hybridized carbons (Fsp3) is 0.407. The van der Waals surface area contributed by atoms with E-state index in [4.69, 9.17) is 9.47 Å². The van der Waals surface area contributed by atoms with Crippen molar-refractivity contribution in [2.75, 3.05) is 33.1 Å². The van der Waals surface area contributed by atoms with Gasteiger partial charge in [0.1, 0.15) is 0 Å². The summed E-state index contributed by atoms with van der Waals surface area (Å²) in [6.45, 7) is 1.04. The number of urea groups is 1. The summed E-state index contributed by atoms with van der Waals surface area (Å²) < 4.78 is 11.0. The number of likely N-dealkylation sites (N-methyl/N-ethyl adjacent to an activating group) is 1. The molecule has 1 saturated carbocycles. The molecule has 1 aliphatic heterocycles. The van der Waals surface area contributed by atoms with Gasteiger partial charge in [0, 0.05) is 34.8 Å². The number of likely N-dealkylation sites (tertiary alicyclic amines) is 1. The van der Waals surface area contributed by atoms with Crippen LogP contribution >= 0.6 is 0 Å². The number of carbonyl (C=O) groups is 1. The number of benzene rings is 2. The van der Waals surface area contributed by atoms with Crippen molar-refractivity contribution in [1.82, 2.24) is 15.2 Å². The maximum Gasteiger partial charge on any atom is 0.319 e. The molecule has 3 aromatic rings. The Bertz CT molecular complexity index is 1200. The third-order valence-electron chi connectivity index (χ3n) is 7.68. The van der Waals surface area contributed by atoms with Gasteiger partial charge in [0.05, 0.1) is 19.7 Å². The topological polar surface area (TPSA) is 75.7 Å². The molecule has 7 heteroatoms. The fourth-order valence-electron chi connectivity index (χ4n) is 5.90. The number of nitrogens with one attached hydrogen (secondary N) is 2. The van der Waals surface area contributed by atoms with Gasteiger partial charge in [-0.2, -0.15) is 0 Å². The number of amides is 2. The van der Waals surface area contributed by atoms with E-state index in [-0.39, 0.29) is 17.5 Å². The summed E-state index contributed by atoms with van der Waals surface area (Å²) in [5, 5.41) is 7.23. The predicted octanol–water partition coefficient (Wildman–Crippen LogP) is 4.57. The Morgan fingerprint density at radius 2 is 1.94 bits per heavy atom. The number of methoxy groups -OCH3 is 2. The molecule has 5 rings (SSSR count). The smallest absolute Gasteiger partial charge is 0.319 e. The van der Waals surface area contributed by atoms with Crippen LogP contribution in [0.4, 0.5) is 10.5 Å². The molecule has 0 radical (unpaired) electrons. The first-order valence-corrected chi connectivity index (χ1v) is 11.9. The van der Waals surface area contributed by atoms with Crippen molar-refractivity contribution in [2.24, 2.45) is 0 Å². The molecule has 7 nitrogen and oxygen atoms in total. The largest absolute Gasteiger partial charge is 0.493 e. The van der Waals surface area contributed by atoms with Crippen molar-refractivity contribution in [3.05, 3.63) is 60.3 Å². The molecule has 2 aromatic carbocycles. The number of hydrogen-bond donors (Lipinski definition) is 2. The Labute approximate surface area is 200 Å². The van der Waals surface area contributed by atoms with Crippen LogP contribution in [0.1, 0.15) is 31.2 Å². The number of nitrogens with zero attached hydrogens (tertiary/aromatic N) is 2. The monoisotopic (exact) mass is 460 g/mol. The summed E-state index contributed by atoms with van der Waals surface area (Å²) in [4.78, 5) is 19.6. The van der Waals surface area contributed by atoms with E-state index in [1.165, 1.54) is 5.56 Å². The fourth-order valence-corrected chi connectivity index (χ4v) is 5.90. The number of aromatic nitrogens is 1. The molecule has 0 spiro atoms. The number of hydrogen-bond acceptors (Lipinski definition) is 5.